The van der Waals surface area contributed by atoms with E-state index >= 15 is 0 Å². The molecule has 4 N–H and O–H groups in total. The van der Waals surface area contributed by atoms with Gasteiger partial charge in [-0.2, -0.15) is 5.10 Å². The smallest absolute Gasteiger partial charge is 0.223 e. The van der Waals surface area contributed by atoms with Gasteiger partial charge < -0.3 is 11.1 Å². The van der Waals surface area contributed by atoms with Crippen LogP contribution in [-0.2, 0) is 4.79 Å². The molecule has 0 spiro atoms. The quantitative estimate of drug-likeness (QED) is 0.735. The molecule has 0 aliphatic heterocycles. The molecule has 1 atom stereocenters. The molecule has 0 radical (unpaired) electrons. The van der Waals surface area contributed by atoms with Crippen molar-refractivity contribution >= 4 is 5.91 Å². The third-order valence-corrected chi connectivity index (χ3v) is 3.52. The Morgan fingerprint density at radius 3 is 2.82 bits per heavy atom. The number of hydrogen-bond donors (Lipinski definition) is 3. The Morgan fingerprint density at radius 1 is 1.53 bits per heavy atom. The number of hydrogen-bond acceptors (Lipinski definition) is 3. The highest BCUT2D eigenvalue weighted by atomic mass is 16.1. The van der Waals surface area contributed by atoms with E-state index in [1.54, 1.807) is 6.20 Å². The minimum absolute atomic E-state index is 0.0110. The van der Waals surface area contributed by atoms with E-state index in [-0.39, 0.29) is 23.9 Å². The number of carbonyl (C=O) groups is 1. The van der Waals surface area contributed by atoms with Gasteiger partial charge >= 0.3 is 0 Å². The molecule has 2 rings (SSSR count). The average molecular weight is 236 g/mol. The summed E-state index contributed by atoms with van der Waals surface area (Å²) in [5.41, 5.74) is 6.84. The predicted octanol–water partition coefficient (Wildman–Crippen LogP) is 1.10. The van der Waals surface area contributed by atoms with Gasteiger partial charge in [-0.05, 0) is 32.6 Å². The fraction of sp³-hybridized carbons (Fsp3) is 0.667. The lowest BCUT2D eigenvalue weighted by Gasteiger charge is -2.26. The summed E-state index contributed by atoms with van der Waals surface area (Å²) in [5, 5.41) is 9.66. The summed E-state index contributed by atoms with van der Waals surface area (Å²) in [7, 11) is 0. The van der Waals surface area contributed by atoms with Gasteiger partial charge in [0.05, 0.1) is 12.2 Å². The molecular weight excluding hydrogens is 216 g/mol. The molecule has 17 heavy (non-hydrogen) atoms. The fourth-order valence-corrected chi connectivity index (χ4v) is 2.29. The van der Waals surface area contributed by atoms with Gasteiger partial charge in [0.15, 0.2) is 0 Å². The molecule has 0 saturated heterocycles. The maximum absolute atomic E-state index is 12.0. The van der Waals surface area contributed by atoms with Crippen LogP contribution >= 0.6 is 0 Å². The molecule has 1 saturated carbocycles. The Kier molecular flexibility index (Phi) is 3.78. The molecule has 0 bridgehead atoms. The van der Waals surface area contributed by atoms with E-state index in [0.29, 0.717) is 0 Å². The van der Waals surface area contributed by atoms with E-state index in [1.807, 2.05) is 13.1 Å². The topological polar surface area (TPSA) is 83.8 Å². The van der Waals surface area contributed by atoms with Gasteiger partial charge in [-0.25, -0.2) is 0 Å². The van der Waals surface area contributed by atoms with Crippen LogP contribution in [0.15, 0.2) is 12.4 Å². The Balaban J connectivity index is 1.85. The Hall–Kier alpha value is -1.36. The van der Waals surface area contributed by atoms with Gasteiger partial charge in [0, 0.05) is 23.7 Å². The first-order chi connectivity index (χ1) is 8.16. The fourth-order valence-electron chi connectivity index (χ4n) is 2.29. The maximum Gasteiger partial charge on any atom is 0.223 e. The first-order valence-electron chi connectivity index (χ1n) is 6.21. The third kappa shape index (κ3) is 3.06. The highest BCUT2D eigenvalue weighted by Crippen LogP contribution is 2.24. The molecule has 5 heteroatoms. The first-order valence-corrected chi connectivity index (χ1v) is 6.21. The van der Waals surface area contributed by atoms with Gasteiger partial charge in [0.1, 0.15) is 0 Å². The van der Waals surface area contributed by atoms with Crippen molar-refractivity contribution < 1.29 is 4.79 Å². The normalized spacial score (nSPS) is 26.5. The third-order valence-electron chi connectivity index (χ3n) is 3.52. The number of amides is 1. The first kappa shape index (κ1) is 12.1. The minimum Gasteiger partial charge on any atom is -0.349 e. The number of rotatable bonds is 3. The number of carbonyl (C=O) groups excluding carboxylic acids is 1. The van der Waals surface area contributed by atoms with Crippen molar-refractivity contribution in [2.45, 2.75) is 44.7 Å². The lowest BCUT2D eigenvalue weighted by molar-refractivity contribution is -0.126. The van der Waals surface area contributed by atoms with Crippen molar-refractivity contribution in [3.8, 4) is 0 Å². The molecule has 1 aliphatic carbocycles. The van der Waals surface area contributed by atoms with Gasteiger partial charge in [0.25, 0.3) is 0 Å². The van der Waals surface area contributed by atoms with Gasteiger partial charge in [-0.3, -0.25) is 9.89 Å². The molecule has 0 aromatic carbocycles. The molecular formula is C12H20N4O. The van der Waals surface area contributed by atoms with Crippen LogP contribution in [-0.4, -0.2) is 22.1 Å². The molecule has 5 nitrogen and oxygen atoms in total. The molecule has 1 aromatic rings. The van der Waals surface area contributed by atoms with Gasteiger partial charge in [0.2, 0.25) is 5.91 Å². The summed E-state index contributed by atoms with van der Waals surface area (Å²) < 4.78 is 0. The predicted molar refractivity (Wildman–Crippen MR) is 65.1 cm³/mol. The molecule has 94 valence electrons. The van der Waals surface area contributed by atoms with E-state index in [1.165, 1.54) is 0 Å². The van der Waals surface area contributed by atoms with Gasteiger partial charge in [-0.15, -0.1) is 0 Å². The second-order valence-corrected chi connectivity index (χ2v) is 4.87. The summed E-state index contributed by atoms with van der Waals surface area (Å²) >= 11 is 0. The summed E-state index contributed by atoms with van der Waals surface area (Å²) in [6, 6.07) is 0.294. The summed E-state index contributed by atoms with van der Waals surface area (Å²) in [4.78, 5) is 12.0. The Bertz CT molecular complexity index is 355. The lowest BCUT2D eigenvalue weighted by Crippen LogP contribution is -2.37. The van der Waals surface area contributed by atoms with Crippen molar-refractivity contribution in [2.75, 3.05) is 0 Å². The Morgan fingerprint density at radius 2 is 2.24 bits per heavy atom. The van der Waals surface area contributed by atoms with Crippen LogP contribution in [0.5, 0.6) is 0 Å². The van der Waals surface area contributed by atoms with Crippen molar-refractivity contribution in [1.29, 1.82) is 0 Å². The van der Waals surface area contributed by atoms with Crippen molar-refractivity contribution in [3.05, 3.63) is 18.0 Å². The minimum atomic E-state index is 0.0110. The van der Waals surface area contributed by atoms with Crippen LogP contribution in [0.2, 0.25) is 0 Å². The van der Waals surface area contributed by atoms with E-state index < -0.39 is 0 Å². The van der Waals surface area contributed by atoms with Crippen LogP contribution in [0.4, 0.5) is 0 Å². The number of nitrogens with zero attached hydrogens (tertiary/aromatic N) is 1. The summed E-state index contributed by atoms with van der Waals surface area (Å²) in [6.07, 6.45) is 7.27. The van der Waals surface area contributed by atoms with Crippen molar-refractivity contribution in [1.82, 2.24) is 15.5 Å². The van der Waals surface area contributed by atoms with Crippen LogP contribution < -0.4 is 11.1 Å². The molecule has 1 heterocycles. The van der Waals surface area contributed by atoms with Crippen LogP contribution in [0.3, 0.4) is 0 Å². The largest absolute Gasteiger partial charge is 0.349 e. The zero-order valence-corrected chi connectivity index (χ0v) is 10.1. The number of aromatic amines is 1. The highest BCUT2D eigenvalue weighted by molar-refractivity contribution is 5.79. The number of aromatic nitrogens is 2. The second kappa shape index (κ2) is 5.31. The monoisotopic (exact) mass is 236 g/mol. The number of nitrogens with two attached hydrogens (primary N) is 1. The average Bonchev–Trinajstić information content (AvgIpc) is 2.83. The zero-order valence-electron chi connectivity index (χ0n) is 10.1. The summed E-state index contributed by atoms with van der Waals surface area (Å²) in [5.74, 6) is 0.273. The molecule has 1 aromatic heterocycles. The standard InChI is InChI=1S/C12H20N4O/c1-8(10-6-14-15-7-10)16-12(17)9-2-4-11(13)5-3-9/h6-9,11H,2-5,13H2,1H3,(H,14,15)(H,16,17). The second-order valence-electron chi connectivity index (χ2n) is 4.87. The highest BCUT2D eigenvalue weighted by Gasteiger charge is 2.25. The van der Waals surface area contributed by atoms with Crippen LogP contribution in [0, 0.1) is 5.92 Å². The van der Waals surface area contributed by atoms with Gasteiger partial charge in [-0.1, -0.05) is 0 Å². The zero-order chi connectivity index (χ0) is 12.3. The van der Waals surface area contributed by atoms with E-state index in [0.717, 1.165) is 31.2 Å². The van der Waals surface area contributed by atoms with E-state index in [2.05, 4.69) is 15.5 Å². The van der Waals surface area contributed by atoms with Crippen LogP contribution in [0.25, 0.3) is 0 Å². The molecule has 1 unspecified atom stereocenters. The molecule has 1 amide bonds. The number of H-pyrrole nitrogens is 1. The lowest BCUT2D eigenvalue weighted by atomic mass is 9.86. The number of nitrogens with one attached hydrogen (secondary N) is 2. The summed E-state index contributed by atoms with van der Waals surface area (Å²) in [6.45, 7) is 1.97. The maximum atomic E-state index is 12.0. The van der Waals surface area contributed by atoms with E-state index in [9.17, 15) is 4.79 Å². The molecule has 1 aliphatic rings. The SMILES string of the molecule is CC(NC(=O)C1CCC(N)CC1)c1cn[nH]c1. The van der Waals surface area contributed by atoms with Crippen LogP contribution in [0.1, 0.15) is 44.2 Å². The molecule has 1 fully saturated rings. The van der Waals surface area contributed by atoms with E-state index in [4.69, 9.17) is 5.73 Å². The van der Waals surface area contributed by atoms with Crippen molar-refractivity contribution in [2.24, 2.45) is 11.7 Å². The Labute approximate surface area is 101 Å². The van der Waals surface area contributed by atoms with Crippen molar-refractivity contribution in [3.63, 3.8) is 0 Å².